The summed E-state index contributed by atoms with van der Waals surface area (Å²) in [5.41, 5.74) is 2.61. The van der Waals surface area contributed by atoms with E-state index in [4.69, 9.17) is 11.2 Å². The van der Waals surface area contributed by atoms with Crippen LogP contribution < -0.4 is 4.74 Å². The number of benzene rings is 2. The minimum absolute atomic E-state index is 0.124. The van der Waals surface area contributed by atoms with E-state index in [1.54, 1.807) is 12.1 Å². The van der Waals surface area contributed by atoms with Crippen molar-refractivity contribution < 1.29 is 9.84 Å². The number of aliphatic hydroxyl groups is 1. The summed E-state index contributed by atoms with van der Waals surface area (Å²) in [5.74, 6) is 3.54. The summed E-state index contributed by atoms with van der Waals surface area (Å²) in [6.45, 7) is 0.124. The zero-order valence-electron chi connectivity index (χ0n) is 12.6. The highest BCUT2D eigenvalue weighted by Gasteiger charge is 2.24. The number of aliphatic hydroxyl groups excluding tert-OH is 1. The first-order chi connectivity index (χ1) is 11.2. The lowest BCUT2D eigenvalue weighted by atomic mass is 9.98. The number of rotatable bonds is 6. The van der Waals surface area contributed by atoms with E-state index in [9.17, 15) is 10.0 Å². The van der Waals surface area contributed by atoms with Crippen LogP contribution in [0.25, 0.3) is 0 Å². The zero-order valence-corrected chi connectivity index (χ0v) is 12.6. The van der Waals surface area contributed by atoms with E-state index in [0.29, 0.717) is 22.8 Å². The third kappa shape index (κ3) is 3.41. The highest BCUT2D eigenvalue weighted by atomic mass is 16.5. The van der Waals surface area contributed by atoms with Crippen LogP contribution in [0.2, 0.25) is 0 Å². The Bertz CT molecular complexity index is 742. The largest absolute Gasteiger partial charge is 0.481 e. The molecule has 4 heteroatoms. The second-order valence-electron chi connectivity index (χ2n) is 5.65. The lowest BCUT2D eigenvalue weighted by molar-refractivity contribution is 0.220. The molecule has 1 aliphatic rings. The lowest BCUT2D eigenvalue weighted by Crippen LogP contribution is -2.02. The van der Waals surface area contributed by atoms with Crippen molar-refractivity contribution in [3.8, 4) is 18.1 Å². The summed E-state index contributed by atoms with van der Waals surface area (Å²) in [4.78, 5) is 11.0. The maximum absolute atomic E-state index is 11.0. The number of hydrogen-bond acceptors (Lipinski definition) is 4. The minimum atomic E-state index is -0.940. The van der Waals surface area contributed by atoms with Crippen LogP contribution in [0.3, 0.4) is 0 Å². The van der Waals surface area contributed by atoms with Gasteiger partial charge in [-0.05, 0) is 53.3 Å². The summed E-state index contributed by atoms with van der Waals surface area (Å²) < 4.78 is 5.35. The molecule has 2 aromatic rings. The SMILES string of the molecule is C#CCOc1ccc(N=O)c(C(O)c2ccc(C3CC3)cc2)c1. The Morgan fingerprint density at radius 2 is 2.00 bits per heavy atom. The maximum Gasteiger partial charge on any atom is 0.148 e. The van der Waals surface area contributed by atoms with Gasteiger partial charge in [0.25, 0.3) is 0 Å². The lowest BCUT2D eigenvalue weighted by Gasteiger charge is -2.15. The second-order valence-corrected chi connectivity index (χ2v) is 5.65. The third-order valence-corrected chi connectivity index (χ3v) is 4.02. The molecule has 0 spiro atoms. The van der Waals surface area contributed by atoms with Crippen LogP contribution in [-0.4, -0.2) is 11.7 Å². The summed E-state index contributed by atoms with van der Waals surface area (Å²) in [6.07, 6.45) is 6.70. The Labute approximate surface area is 135 Å². The molecule has 0 amide bonds. The molecule has 2 aromatic carbocycles. The smallest absolute Gasteiger partial charge is 0.148 e. The van der Waals surface area contributed by atoms with Gasteiger partial charge in [0.15, 0.2) is 0 Å². The Balaban J connectivity index is 1.88. The van der Waals surface area contributed by atoms with Gasteiger partial charge in [-0.1, -0.05) is 30.2 Å². The molecular weight excluding hydrogens is 290 g/mol. The molecule has 1 saturated carbocycles. The van der Waals surface area contributed by atoms with Crippen molar-refractivity contribution in [3.05, 3.63) is 64.1 Å². The first-order valence-electron chi connectivity index (χ1n) is 7.54. The molecule has 0 aliphatic heterocycles. The number of ether oxygens (including phenoxy) is 1. The molecule has 0 saturated heterocycles. The number of nitroso groups, excluding NO2 is 1. The fraction of sp³-hybridized carbons (Fsp3) is 0.263. The first-order valence-corrected chi connectivity index (χ1v) is 7.54. The molecule has 4 nitrogen and oxygen atoms in total. The van der Waals surface area contributed by atoms with Crippen molar-refractivity contribution in [2.24, 2.45) is 5.18 Å². The third-order valence-electron chi connectivity index (χ3n) is 4.02. The van der Waals surface area contributed by atoms with Gasteiger partial charge in [0, 0.05) is 5.56 Å². The number of nitrogens with zero attached hydrogens (tertiary/aromatic N) is 1. The van der Waals surface area contributed by atoms with Gasteiger partial charge in [-0.3, -0.25) is 0 Å². The summed E-state index contributed by atoms with van der Waals surface area (Å²) in [7, 11) is 0. The quantitative estimate of drug-likeness (QED) is 0.647. The fourth-order valence-corrected chi connectivity index (χ4v) is 2.60. The van der Waals surface area contributed by atoms with Crippen molar-refractivity contribution in [2.75, 3.05) is 6.61 Å². The van der Waals surface area contributed by atoms with Crippen LogP contribution in [-0.2, 0) is 0 Å². The number of terminal acetylenes is 1. The molecule has 1 aliphatic carbocycles. The van der Waals surface area contributed by atoms with Gasteiger partial charge in [-0.2, -0.15) is 0 Å². The maximum atomic E-state index is 11.0. The summed E-state index contributed by atoms with van der Waals surface area (Å²) >= 11 is 0. The highest BCUT2D eigenvalue weighted by Crippen LogP contribution is 2.40. The molecule has 116 valence electrons. The molecular formula is C19H17NO3. The molecule has 1 atom stereocenters. The van der Waals surface area contributed by atoms with Crippen molar-refractivity contribution >= 4 is 5.69 Å². The molecule has 1 unspecified atom stereocenters. The van der Waals surface area contributed by atoms with E-state index in [2.05, 4.69) is 11.1 Å². The van der Waals surface area contributed by atoms with Gasteiger partial charge >= 0.3 is 0 Å². The molecule has 0 aromatic heterocycles. The average Bonchev–Trinajstić information content (AvgIpc) is 3.44. The van der Waals surface area contributed by atoms with E-state index < -0.39 is 6.10 Å². The zero-order chi connectivity index (χ0) is 16.2. The molecule has 0 radical (unpaired) electrons. The van der Waals surface area contributed by atoms with Gasteiger partial charge in [-0.15, -0.1) is 11.3 Å². The number of hydrogen-bond donors (Lipinski definition) is 1. The summed E-state index contributed by atoms with van der Waals surface area (Å²) in [5, 5.41) is 13.6. The average molecular weight is 307 g/mol. The molecule has 3 rings (SSSR count). The van der Waals surface area contributed by atoms with Gasteiger partial charge in [0.05, 0.1) is 0 Å². The molecule has 0 heterocycles. The van der Waals surface area contributed by atoms with E-state index in [1.165, 1.54) is 24.5 Å². The summed E-state index contributed by atoms with van der Waals surface area (Å²) in [6, 6.07) is 12.6. The Morgan fingerprint density at radius 3 is 2.61 bits per heavy atom. The first kappa shape index (κ1) is 15.3. The molecule has 1 fully saturated rings. The second kappa shape index (κ2) is 6.64. The van der Waals surface area contributed by atoms with Crippen LogP contribution in [0.15, 0.2) is 47.6 Å². The van der Waals surface area contributed by atoms with Crippen molar-refractivity contribution in [3.63, 3.8) is 0 Å². The van der Waals surface area contributed by atoms with Crippen LogP contribution in [0, 0.1) is 17.3 Å². The van der Waals surface area contributed by atoms with Crippen LogP contribution in [0.1, 0.15) is 41.6 Å². The molecule has 23 heavy (non-hydrogen) atoms. The van der Waals surface area contributed by atoms with Gasteiger partial charge in [0.1, 0.15) is 24.1 Å². The van der Waals surface area contributed by atoms with Gasteiger partial charge in [-0.25, -0.2) is 0 Å². The van der Waals surface area contributed by atoms with Crippen molar-refractivity contribution in [2.45, 2.75) is 24.9 Å². The van der Waals surface area contributed by atoms with Crippen molar-refractivity contribution in [1.82, 2.24) is 0 Å². The predicted octanol–water partition coefficient (Wildman–Crippen LogP) is 4.06. The van der Waals surface area contributed by atoms with Gasteiger partial charge in [0.2, 0.25) is 0 Å². The predicted molar refractivity (Wildman–Crippen MR) is 88.7 cm³/mol. The van der Waals surface area contributed by atoms with Crippen molar-refractivity contribution in [1.29, 1.82) is 0 Å². The Hall–Kier alpha value is -2.64. The van der Waals surface area contributed by atoms with Crippen LogP contribution >= 0.6 is 0 Å². The van der Waals surface area contributed by atoms with E-state index in [1.807, 2.05) is 24.3 Å². The van der Waals surface area contributed by atoms with E-state index in [0.717, 1.165) is 0 Å². The van der Waals surface area contributed by atoms with E-state index in [-0.39, 0.29) is 12.3 Å². The van der Waals surface area contributed by atoms with Gasteiger partial charge < -0.3 is 9.84 Å². The fourth-order valence-electron chi connectivity index (χ4n) is 2.60. The molecule has 1 N–H and O–H groups in total. The standard InChI is InChI=1S/C19H17NO3/c1-2-11-23-16-9-10-18(20-22)17(12-16)19(21)15-7-5-14(6-8-15)13-3-4-13/h1,5-10,12-13,19,21H,3-4,11H2. The highest BCUT2D eigenvalue weighted by molar-refractivity contribution is 5.53. The normalized spacial score (nSPS) is 14.8. The Morgan fingerprint density at radius 1 is 1.26 bits per heavy atom. The molecule has 0 bridgehead atoms. The monoisotopic (exact) mass is 307 g/mol. The van der Waals surface area contributed by atoms with E-state index >= 15 is 0 Å². The topological polar surface area (TPSA) is 58.9 Å². The van der Waals surface area contributed by atoms with Crippen LogP contribution in [0.4, 0.5) is 5.69 Å². The minimum Gasteiger partial charge on any atom is -0.481 e. The Kier molecular flexibility index (Phi) is 4.40. The van der Waals surface area contributed by atoms with Crippen LogP contribution in [0.5, 0.6) is 5.75 Å².